The molecule has 2 aromatic heterocycles. The van der Waals surface area contributed by atoms with Crippen LogP contribution in [0.3, 0.4) is 0 Å². The maximum absolute atomic E-state index is 14.4. The number of ether oxygens (including phenoxy) is 2. The zero-order valence-corrected chi connectivity index (χ0v) is 26.2. The molecule has 3 amide bonds. The van der Waals surface area contributed by atoms with Crippen LogP contribution in [0.1, 0.15) is 34.0 Å². The van der Waals surface area contributed by atoms with Gasteiger partial charge < -0.3 is 19.5 Å². The number of phenols is 1. The zero-order valence-electron chi connectivity index (χ0n) is 26.2. The van der Waals surface area contributed by atoms with Crippen LogP contribution in [-0.2, 0) is 20.0 Å². The summed E-state index contributed by atoms with van der Waals surface area (Å²) in [4.78, 5) is 36.6. The SMILES string of the molecule is C[C@@H]1Cc2ccccc2CN1C(=O)c1cc2c(cc1C1=CC=CN(C(=O)N(c3ccc(O)cc3)c3cnc4c(cnn4C)c3)N1)OCO2. The van der Waals surface area contributed by atoms with Crippen molar-refractivity contribution < 1.29 is 24.2 Å². The number of allylic oxidation sites excluding steroid dienone is 2. The fraction of sp³-hybridized carbons (Fsp3) is 0.167. The lowest BCUT2D eigenvalue weighted by Gasteiger charge is -2.36. The molecule has 8 rings (SSSR count). The van der Waals surface area contributed by atoms with E-state index in [4.69, 9.17) is 9.47 Å². The summed E-state index contributed by atoms with van der Waals surface area (Å²) < 4.78 is 13.1. The summed E-state index contributed by atoms with van der Waals surface area (Å²) in [5, 5.41) is 16.4. The Bertz CT molecular complexity index is 2160. The molecule has 48 heavy (non-hydrogen) atoms. The van der Waals surface area contributed by atoms with Gasteiger partial charge >= 0.3 is 6.03 Å². The van der Waals surface area contributed by atoms with E-state index in [1.54, 1.807) is 66.7 Å². The molecule has 3 aliphatic rings. The van der Waals surface area contributed by atoms with Crippen LogP contribution >= 0.6 is 0 Å². The first-order valence-corrected chi connectivity index (χ1v) is 15.5. The minimum absolute atomic E-state index is 0.0263. The number of hydrogen-bond acceptors (Lipinski definition) is 8. The standard InChI is InChI=1S/C36H31N7O5/c1-22-14-23-6-3-4-7-24(23)20-41(22)35(45)30-17-33-32(47-21-48-33)16-29(30)31-8-5-13-42(39-31)36(46)43(26-9-11-28(44)12-10-26)27-15-25-18-38-40(2)34(25)37-19-27/h3-13,15-19,22,39,44H,14,20-21H2,1-2H3/t22-/m1/s1. The molecule has 2 N–H and O–H groups in total. The van der Waals surface area contributed by atoms with Crippen molar-refractivity contribution >= 4 is 40.0 Å². The molecule has 5 heterocycles. The molecule has 0 spiro atoms. The quantitative estimate of drug-likeness (QED) is 0.259. The molecule has 0 aliphatic carbocycles. The van der Waals surface area contributed by atoms with Crippen LogP contribution in [0.15, 0.2) is 97.5 Å². The van der Waals surface area contributed by atoms with Crippen LogP contribution in [0, 0.1) is 0 Å². The minimum atomic E-state index is -0.456. The summed E-state index contributed by atoms with van der Waals surface area (Å²) in [5.74, 6) is 0.917. The van der Waals surface area contributed by atoms with Gasteiger partial charge in [0.25, 0.3) is 5.91 Å². The number of urea groups is 1. The second-order valence-corrected chi connectivity index (χ2v) is 11.9. The lowest BCUT2D eigenvalue weighted by molar-refractivity contribution is 0.0657. The van der Waals surface area contributed by atoms with Gasteiger partial charge in [-0.15, -0.1) is 0 Å². The predicted molar refractivity (Wildman–Crippen MR) is 178 cm³/mol. The molecule has 1 atom stereocenters. The molecule has 3 aromatic carbocycles. The first kappa shape index (κ1) is 29.1. The van der Waals surface area contributed by atoms with Gasteiger partial charge in [-0.25, -0.2) is 14.8 Å². The number of phenolic OH excluding ortho intramolecular Hbond substituents is 1. The summed E-state index contributed by atoms with van der Waals surface area (Å²) in [6.07, 6.45) is 9.19. The maximum Gasteiger partial charge on any atom is 0.352 e. The number of hydrazine groups is 1. The number of rotatable bonds is 4. The lowest BCUT2D eigenvalue weighted by Crippen LogP contribution is -2.46. The van der Waals surface area contributed by atoms with Gasteiger partial charge in [-0.1, -0.05) is 24.3 Å². The number of aromatic hydroxyl groups is 1. The van der Waals surface area contributed by atoms with Crippen molar-refractivity contribution in [1.29, 1.82) is 0 Å². The van der Waals surface area contributed by atoms with E-state index < -0.39 is 6.03 Å². The monoisotopic (exact) mass is 641 g/mol. The molecule has 0 radical (unpaired) electrons. The van der Waals surface area contributed by atoms with E-state index in [9.17, 15) is 14.7 Å². The molecule has 3 aliphatic heterocycles. The topological polar surface area (TPSA) is 125 Å². The van der Waals surface area contributed by atoms with Gasteiger partial charge in [0.1, 0.15) is 5.75 Å². The highest BCUT2D eigenvalue weighted by Crippen LogP contribution is 2.39. The van der Waals surface area contributed by atoms with Crippen LogP contribution in [0.5, 0.6) is 17.2 Å². The van der Waals surface area contributed by atoms with E-state index in [0.717, 1.165) is 17.4 Å². The fourth-order valence-electron chi connectivity index (χ4n) is 6.37. The van der Waals surface area contributed by atoms with Gasteiger partial charge in [0.2, 0.25) is 6.79 Å². The smallest absolute Gasteiger partial charge is 0.352 e. The summed E-state index contributed by atoms with van der Waals surface area (Å²) >= 11 is 0. The summed E-state index contributed by atoms with van der Waals surface area (Å²) in [7, 11) is 1.80. The van der Waals surface area contributed by atoms with E-state index in [1.807, 2.05) is 23.1 Å². The first-order valence-electron chi connectivity index (χ1n) is 15.5. The Morgan fingerprint density at radius 2 is 1.75 bits per heavy atom. The van der Waals surface area contributed by atoms with Gasteiger partial charge in [0.15, 0.2) is 17.1 Å². The number of hydrogen-bond donors (Lipinski definition) is 2. The molecule has 0 saturated carbocycles. The highest BCUT2D eigenvalue weighted by Gasteiger charge is 2.33. The molecule has 5 aromatic rings. The number of pyridine rings is 1. The number of amides is 3. The molecule has 12 nitrogen and oxygen atoms in total. The van der Waals surface area contributed by atoms with Crippen LogP contribution in [-0.4, -0.2) is 54.6 Å². The second kappa shape index (κ2) is 11.5. The Labute approximate surface area is 275 Å². The number of carbonyl (C=O) groups is 2. The summed E-state index contributed by atoms with van der Waals surface area (Å²) in [5.41, 5.74) is 8.76. The largest absolute Gasteiger partial charge is 0.508 e. The van der Waals surface area contributed by atoms with Crippen molar-refractivity contribution in [2.45, 2.75) is 25.9 Å². The second-order valence-electron chi connectivity index (χ2n) is 11.9. The highest BCUT2D eigenvalue weighted by atomic mass is 16.7. The van der Waals surface area contributed by atoms with Crippen molar-refractivity contribution in [2.24, 2.45) is 7.05 Å². The average molecular weight is 642 g/mol. The van der Waals surface area contributed by atoms with Crippen LogP contribution < -0.4 is 19.8 Å². The van der Waals surface area contributed by atoms with Crippen molar-refractivity contribution in [3.63, 3.8) is 0 Å². The number of nitrogens with one attached hydrogen (secondary N) is 1. The number of benzene rings is 3. The van der Waals surface area contributed by atoms with Gasteiger partial charge in [-0.05, 0) is 79.1 Å². The summed E-state index contributed by atoms with van der Waals surface area (Å²) in [6.45, 7) is 2.59. The molecule has 0 fully saturated rings. The number of aryl methyl sites for hydroxylation is 1. The Balaban J connectivity index is 1.14. The van der Waals surface area contributed by atoms with Crippen LogP contribution in [0.2, 0.25) is 0 Å². The third-order valence-corrected chi connectivity index (χ3v) is 8.86. The molecule has 0 unspecified atom stereocenters. The Morgan fingerprint density at radius 3 is 2.56 bits per heavy atom. The first-order chi connectivity index (χ1) is 23.3. The lowest BCUT2D eigenvalue weighted by atomic mass is 9.93. The average Bonchev–Trinajstić information content (AvgIpc) is 3.73. The highest BCUT2D eigenvalue weighted by molar-refractivity contribution is 6.03. The minimum Gasteiger partial charge on any atom is -0.508 e. The Hall–Kier alpha value is -6.30. The van der Waals surface area contributed by atoms with Crippen molar-refractivity contribution in [1.82, 2.24) is 30.1 Å². The molecular formula is C36H31N7O5. The third-order valence-electron chi connectivity index (χ3n) is 8.86. The molecular weight excluding hydrogens is 610 g/mol. The van der Waals surface area contributed by atoms with Crippen LogP contribution in [0.4, 0.5) is 16.2 Å². The van der Waals surface area contributed by atoms with E-state index in [1.165, 1.54) is 27.6 Å². The normalized spacial score (nSPS) is 16.4. The third kappa shape index (κ3) is 5.03. The van der Waals surface area contributed by atoms with E-state index in [0.29, 0.717) is 51.9 Å². The Kier molecular flexibility index (Phi) is 6.98. The van der Waals surface area contributed by atoms with E-state index >= 15 is 0 Å². The van der Waals surface area contributed by atoms with E-state index in [-0.39, 0.29) is 24.5 Å². The van der Waals surface area contributed by atoms with Crippen molar-refractivity contribution in [3.05, 3.63) is 120 Å². The van der Waals surface area contributed by atoms with Gasteiger partial charge in [0.05, 0.1) is 35.0 Å². The molecule has 240 valence electrons. The maximum atomic E-state index is 14.4. The fourth-order valence-corrected chi connectivity index (χ4v) is 6.37. The number of carbonyl (C=O) groups excluding carboxylic acids is 2. The number of fused-ring (bicyclic) bond motifs is 3. The summed E-state index contributed by atoms with van der Waals surface area (Å²) in [6, 6.07) is 19.4. The predicted octanol–water partition coefficient (Wildman–Crippen LogP) is 5.62. The van der Waals surface area contributed by atoms with Crippen molar-refractivity contribution in [2.75, 3.05) is 11.7 Å². The zero-order chi connectivity index (χ0) is 32.9. The van der Waals surface area contributed by atoms with E-state index in [2.05, 4.69) is 34.6 Å². The Morgan fingerprint density at radius 1 is 0.979 bits per heavy atom. The van der Waals surface area contributed by atoms with Gasteiger partial charge in [0, 0.05) is 36.8 Å². The van der Waals surface area contributed by atoms with Crippen LogP contribution in [0.25, 0.3) is 16.7 Å². The van der Waals surface area contributed by atoms with Crippen molar-refractivity contribution in [3.8, 4) is 17.2 Å². The molecule has 12 heteroatoms. The molecule has 0 bridgehead atoms. The molecule has 0 saturated heterocycles. The van der Waals surface area contributed by atoms with Gasteiger partial charge in [-0.2, -0.15) is 5.10 Å². The number of anilines is 2. The number of nitrogens with zero attached hydrogens (tertiary/aromatic N) is 6. The van der Waals surface area contributed by atoms with Gasteiger partial charge in [-0.3, -0.25) is 19.8 Å². The number of aromatic nitrogens is 3.